The van der Waals surface area contributed by atoms with E-state index >= 15 is 0 Å². The van der Waals surface area contributed by atoms with Gasteiger partial charge in [0.2, 0.25) is 5.88 Å². The molecule has 0 bridgehead atoms. The van der Waals surface area contributed by atoms with Gasteiger partial charge in [-0.25, -0.2) is 13.9 Å². The second kappa shape index (κ2) is 5.55. The van der Waals surface area contributed by atoms with Crippen LogP contribution in [0.25, 0.3) is 11.3 Å². The van der Waals surface area contributed by atoms with Crippen LogP contribution < -0.4 is 4.74 Å². The molecule has 0 spiro atoms. The van der Waals surface area contributed by atoms with E-state index in [4.69, 9.17) is 9.47 Å². The third-order valence-electron chi connectivity index (χ3n) is 3.27. The lowest BCUT2D eigenvalue weighted by molar-refractivity contribution is 0.0520. The van der Waals surface area contributed by atoms with Gasteiger partial charge in [-0.3, -0.25) is 0 Å². The van der Waals surface area contributed by atoms with E-state index in [0.717, 1.165) is 6.42 Å². The van der Waals surface area contributed by atoms with E-state index in [1.54, 1.807) is 29.8 Å². The monoisotopic (exact) mass is 290 g/mol. The standard InChI is InChI=1S/C15H15FN2O3/c1-2-20-15(19)12-13(10-6-3-4-7-11(10)16)17-18-8-5-9-21-14(12)18/h3-4,6-7H,2,5,8-9H2,1H3. The van der Waals surface area contributed by atoms with Crippen molar-refractivity contribution in [2.45, 2.75) is 19.9 Å². The summed E-state index contributed by atoms with van der Waals surface area (Å²) in [5, 5.41) is 4.34. The predicted octanol–water partition coefficient (Wildman–Crippen LogP) is 2.65. The zero-order valence-corrected chi connectivity index (χ0v) is 11.6. The Balaban J connectivity index is 2.18. The number of hydrogen-bond donors (Lipinski definition) is 0. The van der Waals surface area contributed by atoms with E-state index in [1.165, 1.54) is 6.07 Å². The number of aromatic nitrogens is 2. The molecule has 0 N–H and O–H groups in total. The average molecular weight is 290 g/mol. The van der Waals surface area contributed by atoms with Gasteiger partial charge in [0.15, 0.2) is 0 Å². The van der Waals surface area contributed by atoms with Crippen LogP contribution in [0.3, 0.4) is 0 Å². The zero-order chi connectivity index (χ0) is 14.8. The van der Waals surface area contributed by atoms with E-state index in [1.807, 2.05) is 0 Å². The van der Waals surface area contributed by atoms with E-state index < -0.39 is 11.8 Å². The number of rotatable bonds is 3. The molecule has 1 aromatic heterocycles. The van der Waals surface area contributed by atoms with Crippen LogP contribution in [0, 0.1) is 5.82 Å². The number of benzene rings is 1. The van der Waals surface area contributed by atoms with Gasteiger partial charge in [0.05, 0.1) is 13.2 Å². The fourth-order valence-corrected chi connectivity index (χ4v) is 2.36. The summed E-state index contributed by atoms with van der Waals surface area (Å²) in [5.74, 6) is -0.615. The van der Waals surface area contributed by atoms with Crippen molar-refractivity contribution < 1.29 is 18.7 Å². The first-order chi connectivity index (χ1) is 10.2. The summed E-state index contributed by atoms with van der Waals surface area (Å²) >= 11 is 0. The smallest absolute Gasteiger partial charge is 0.345 e. The Bertz CT molecular complexity index is 682. The third kappa shape index (κ3) is 2.37. The minimum atomic E-state index is -0.543. The van der Waals surface area contributed by atoms with Gasteiger partial charge in [0, 0.05) is 18.5 Å². The summed E-state index contributed by atoms with van der Waals surface area (Å²) in [7, 11) is 0. The Morgan fingerprint density at radius 3 is 3.05 bits per heavy atom. The lowest BCUT2D eigenvalue weighted by Crippen LogP contribution is -2.16. The largest absolute Gasteiger partial charge is 0.477 e. The summed E-state index contributed by atoms with van der Waals surface area (Å²) in [6.07, 6.45) is 0.799. The van der Waals surface area contributed by atoms with Crippen molar-refractivity contribution in [3.8, 4) is 17.1 Å². The molecule has 0 amide bonds. The molecule has 110 valence electrons. The van der Waals surface area contributed by atoms with Crippen LogP contribution in [-0.2, 0) is 11.3 Å². The maximum absolute atomic E-state index is 14.0. The minimum Gasteiger partial charge on any atom is -0.477 e. The number of fused-ring (bicyclic) bond motifs is 1. The highest BCUT2D eigenvalue weighted by Gasteiger charge is 2.30. The fraction of sp³-hybridized carbons (Fsp3) is 0.333. The van der Waals surface area contributed by atoms with Crippen LogP contribution in [0.4, 0.5) is 4.39 Å². The molecule has 3 rings (SSSR count). The maximum Gasteiger partial charge on any atom is 0.345 e. The van der Waals surface area contributed by atoms with E-state index in [0.29, 0.717) is 19.0 Å². The average Bonchev–Trinajstić information content (AvgIpc) is 2.87. The number of ether oxygens (including phenoxy) is 2. The summed E-state index contributed by atoms with van der Waals surface area (Å²) in [5.41, 5.74) is 0.733. The molecule has 2 heterocycles. The van der Waals surface area contributed by atoms with Gasteiger partial charge in [-0.05, 0) is 19.1 Å². The lowest BCUT2D eigenvalue weighted by Gasteiger charge is -2.15. The molecule has 0 fully saturated rings. The second-order valence-corrected chi connectivity index (χ2v) is 4.65. The van der Waals surface area contributed by atoms with Crippen LogP contribution in [0.2, 0.25) is 0 Å². The molecule has 2 aromatic rings. The molecule has 1 aromatic carbocycles. The number of hydrogen-bond acceptors (Lipinski definition) is 4. The van der Waals surface area contributed by atoms with Gasteiger partial charge >= 0.3 is 5.97 Å². The molecule has 1 aliphatic rings. The second-order valence-electron chi connectivity index (χ2n) is 4.65. The first kappa shape index (κ1) is 13.6. The minimum absolute atomic E-state index is 0.196. The van der Waals surface area contributed by atoms with Crippen molar-refractivity contribution in [1.29, 1.82) is 0 Å². The van der Waals surface area contributed by atoms with E-state index in [-0.39, 0.29) is 23.4 Å². The highest BCUT2D eigenvalue weighted by Crippen LogP contribution is 2.34. The molecule has 0 radical (unpaired) electrons. The zero-order valence-electron chi connectivity index (χ0n) is 11.6. The predicted molar refractivity (Wildman–Crippen MR) is 73.7 cm³/mol. The molecule has 5 nitrogen and oxygen atoms in total. The number of aryl methyl sites for hydroxylation is 1. The molecule has 0 saturated carbocycles. The molecule has 0 aliphatic carbocycles. The van der Waals surface area contributed by atoms with E-state index in [9.17, 15) is 9.18 Å². The van der Waals surface area contributed by atoms with Crippen molar-refractivity contribution in [3.63, 3.8) is 0 Å². The van der Waals surface area contributed by atoms with E-state index in [2.05, 4.69) is 5.10 Å². The highest BCUT2D eigenvalue weighted by molar-refractivity contribution is 5.98. The Kier molecular flexibility index (Phi) is 3.60. The molecule has 0 saturated heterocycles. The topological polar surface area (TPSA) is 53.3 Å². The Morgan fingerprint density at radius 2 is 2.29 bits per heavy atom. The normalized spacial score (nSPS) is 13.4. The van der Waals surface area contributed by atoms with Crippen molar-refractivity contribution in [1.82, 2.24) is 9.78 Å². The molecule has 1 aliphatic heterocycles. The summed E-state index contributed by atoms with van der Waals surface area (Å²) in [4.78, 5) is 12.2. The van der Waals surface area contributed by atoms with Crippen LogP contribution in [-0.4, -0.2) is 29.0 Å². The van der Waals surface area contributed by atoms with Crippen molar-refractivity contribution in [2.24, 2.45) is 0 Å². The SMILES string of the molecule is CCOC(=O)c1c(-c2ccccc2F)nn2c1OCCC2. The number of nitrogens with zero attached hydrogens (tertiary/aromatic N) is 2. The van der Waals surface area contributed by atoms with Crippen LogP contribution in [0.5, 0.6) is 5.88 Å². The third-order valence-corrected chi connectivity index (χ3v) is 3.27. The van der Waals surface area contributed by atoms with Crippen LogP contribution in [0.1, 0.15) is 23.7 Å². The Hall–Kier alpha value is -2.37. The molecule has 21 heavy (non-hydrogen) atoms. The summed E-state index contributed by atoms with van der Waals surface area (Å²) in [6, 6.07) is 6.22. The summed E-state index contributed by atoms with van der Waals surface area (Å²) < 4.78 is 26.2. The number of halogens is 1. The quantitative estimate of drug-likeness (QED) is 0.815. The van der Waals surface area contributed by atoms with Crippen LogP contribution in [0.15, 0.2) is 24.3 Å². The van der Waals surface area contributed by atoms with Crippen LogP contribution >= 0.6 is 0 Å². The molecule has 0 unspecified atom stereocenters. The highest BCUT2D eigenvalue weighted by atomic mass is 19.1. The first-order valence-electron chi connectivity index (χ1n) is 6.88. The summed E-state index contributed by atoms with van der Waals surface area (Å²) in [6.45, 7) is 3.10. The maximum atomic E-state index is 14.0. The lowest BCUT2D eigenvalue weighted by atomic mass is 10.1. The van der Waals surface area contributed by atoms with Gasteiger partial charge in [0.1, 0.15) is 17.1 Å². The molecular formula is C15H15FN2O3. The van der Waals surface area contributed by atoms with Gasteiger partial charge < -0.3 is 9.47 Å². The van der Waals surface area contributed by atoms with Gasteiger partial charge in [-0.15, -0.1) is 0 Å². The number of carbonyl (C=O) groups excluding carboxylic acids is 1. The molecule has 0 atom stereocenters. The number of esters is 1. The number of carbonyl (C=O) groups is 1. The Morgan fingerprint density at radius 1 is 1.48 bits per heavy atom. The van der Waals surface area contributed by atoms with Gasteiger partial charge in [0.25, 0.3) is 0 Å². The fourth-order valence-electron chi connectivity index (χ4n) is 2.36. The molecular weight excluding hydrogens is 275 g/mol. The van der Waals surface area contributed by atoms with Gasteiger partial charge in [-0.2, -0.15) is 5.10 Å². The van der Waals surface area contributed by atoms with Crippen molar-refractivity contribution in [2.75, 3.05) is 13.2 Å². The first-order valence-corrected chi connectivity index (χ1v) is 6.88. The molecule has 6 heteroatoms. The van der Waals surface area contributed by atoms with Gasteiger partial charge in [-0.1, -0.05) is 12.1 Å². The Labute approximate surface area is 121 Å². The van der Waals surface area contributed by atoms with Crippen molar-refractivity contribution in [3.05, 3.63) is 35.6 Å². The van der Waals surface area contributed by atoms with Crippen molar-refractivity contribution >= 4 is 5.97 Å².